The van der Waals surface area contributed by atoms with Crippen LogP contribution in [0.3, 0.4) is 0 Å². The molecule has 0 saturated carbocycles. The third-order valence-corrected chi connectivity index (χ3v) is 5.09. The average Bonchev–Trinajstić information content (AvgIpc) is 2.60. The maximum absolute atomic E-state index is 13.2. The van der Waals surface area contributed by atoms with E-state index in [0.29, 0.717) is 11.5 Å². The first-order chi connectivity index (χ1) is 12.3. The van der Waals surface area contributed by atoms with E-state index in [-0.39, 0.29) is 15.7 Å². The van der Waals surface area contributed by atoms with Crippen molar-refractivity contribution in [2.75, 3.05) is 10.0 Å². The monoisotopic (exact) mass is 392 g/mol. The Balaban J connectivity index is 1.73. The zero-order valence-corrected chi connectivity index (χ0v) is 15.1. The Morgan fingerprint density at radius 3 is 2.23 bits per heavy atom. The summed E-state index contributed by atoms with van der Waals surface area (Å²) in [6.07, 6.45) is 0. The number of rotatable bonds is 5. The first-order valence-electron chi connectivity index (χ1n) is 7.49. The van der Waals surface area contributed by atoms with E-state index in [1.165, 1.54) is 42.5 Å². The minimum Gasteiger partial charge on any atom is -0.339 e. The third-order valence-electron chi connectivity index (χ3n) is 3.43. The van der Waals surface area contributed by atoms with Gasteiger partial charge >= 0.3 is 0 Å². The van der Waals surface area contributed by atoms with Crippen molar-refractivity contribution in [3.63, 3.8) is 0 Å². The molecule has 0 radical (unpaired) electrons. The summed E-state index contributed by atoms with van der Waals surface area (Å²) in [7, 11) is -3.74. The third kappa shape index (κ3) is 4.27. The summed E-state index contributed by atoms with van der Waals surface area (Å²) in [4.78, 5) is 0.132. The summed E-state index contributed by atoms with van der Waals surface area (Å²) < 4.78 is 40.1. The summed E-state index contributed by atoms with van der Waals surface area (Å²) in [6.45, 7) is 1.87. The quantitative estimate of drug-likeness (QED) is 0.682. The predicted molar refractivity (Wildman–Crippen MR) is 98.7 cm³/mol. The van der Waals surface area contributed by atoms with Crippen molar-refractivity contribution in [1.82, 2.24) is 10.2 Å². The van der Waals surface area contributed by atoms with E-state index in [4.69, 9.17) is 11.6 Å². The summed E-state index contributed by atoms with van der Waals surface area (Å²) in [6, 6.07) is 13.6. The lowest BCUT2D eigenvalue weighted by Crippen LogP contribution is -2.14. The molecule has 3 rings (SSSR count). The highest BCUT2D eigenvalue weighted by atomic mass is 35.5. The number of nitrogens with zero attached hydrogens (tertiary/aromatic N) is 2. The van der Waals surface area contributed by atoms with Gasteiger partial charge < -0.3 is 5.32 Å². The molecule has 3 aromatic rings. The molecule has 1 aromatic heterocycles. The number of benzene rings is 2. The molecular weight excluding hydrogens is 379 g/mol. The molecule has 0 saturated heterocycles. The van der Waals surface area contributed by atoms with Gasteiger partial charge in [0.2, 0.25) is 0 Å². The van der Waals surface area contributed by atoms with Gasteiger partial charge in [-0.25, -0.2) is 12.8 Å². The van der Waals surface area contributed by atoms with Crippen molar-refractivity contribution in [1.29, 1.82) is 0 Å². The molecule has 0 aliphatic rings. The largest absolute Gasteiger partial charge is 0.339 e. The molecule has 6 nitrogen and oxygen atoms in total. The van der Waals surface area contributed by atoms with Crippen LogP contribution >= 0.6 is 11.6 Å². The van der Waals surface area contributed by atoms with Crippen molar-refractivity contribution in [2.24, 2.45) is 0 Å². The van der Waals surface area contributed by atoms with Crippen LogP contribution in [-0.4, -0.2) is 18.6 Å². The number of anilines is 3. The molecule has 0 amide bonds. The Hall–Kier alpha value is -2.71. The van der Waals surface area contributed by atoms with Crippen LogP contribution in [0.15, 0.2) is 59.5 Å². The Kier molecular flexibility index (Phi) is 5.06. The fourth-order valence-electron chi connectivity index (χ4n) is 2.09. The first-order valence-corrected chi connectivity index (χ1v) is 9.35. The van der Waals surface area contributed by atoms with Crippen LogP contribution in [0.2, 0.25) is 5.02 Å². The molecule has 9 heteroatoms. The zero-order valence-electron chi connectivity index (χ0n) is 13.6. The van der Waals surface area contributed by atoms with Gasteiger partial charge in [0.05, 0.1) is 9.92 Å². The molecule has 26 heavy (non-hydrogen) atoms. The van der Waals surface area contributed by atoms with Crippen LogP contribution in [0.5, 0.6) is 0 Å². The van der Waals surface area contributed by atoms with Gasteiger partial charge in [0.15, 0.2) is 11.6 Å². The number of aromatic nitrogens is 2. The molecule has 134 valence electrons. The van der Waals surface area contributed by atoms with Crippen LogP contribution in [0.4, 0.5) is 21.7 Å². The molecule has 1 heterocycles. The minimum absolute atomic E-state index is 0.0227. The molecule has 0 fully saturated rings. The molecule has 0 aliphatic carbocycles. The second kappa shape index (κ2) is 7.27. The van der Waals surface area contributed by atoms with Crippen LogP contribution in [-0.2, 0) is 10.0 Å². The van der Waals surface area contributed by atoms with E-state index in [0.717, 1.165) is 5.56 Å². The highest BCUT2D eigenvalue weighted by Crippen LogP contribution is 2.22. The second-order valence-electron chi connectivity index (χ2n) is 5.48. The van der Waals surface area contributed by atoms with Crippen LogP contribution in [0.1, 0.15) is 5.56 Å². The van der Waals surface area contributed by atoms with Gasteiger partial charge in [-0.1, -0.05) is 29.3 Å². The molecular formula is C17H14ClFN4O2S. The molecule has 2 aromatic carbocycles. The summed E-state index contributed by atoms with van der Waals surface area (Å²) in [5, 5.41) is 10.6. The smallest absolute Gasteiger partial charge is 0.263 e. The lowest BCUT2D eigenvalue weighted by atomic mass is 10.2. The number of hydrogen-bond donors (Lipinski definition) is 2. The van der Waals surface area contributed by atoms with Gasteiger partial charge in [-0.15, -0.1) is 10.2 Å². The van der Waals surface area contributed by atoms with E-state index in [2.05, 4.69) is 20.2 Å². The number of sulfonamides is 1. The summed E-state index contributed by atoms with van der Waals surface area (Å²) >= 11 is 5.72. The number of hydrogen-bond acceptors (Lipinski definition) is 5. The number of aryl methyl sites for hydroxylation is 1. The summed E-state index contributed by atoms with van der Waals surface area (Å²) in [5.41, 5.74) is 1.48. The molecule has 2 N–H and O–H groups in total. The van der Waals surface area contributed by atoms with Gasteiger partial charge in [0.1, 0.15) is 5.82 Å². The molecule has 0 aliphatic heterocycles. The molecule has 0 atom stereocenters. The molecule has 0 unspecified atom stereocenters. The zero-order chi connectivity index (χ0) is 18.7. The topological polar surface area (TPSA) is 84.0 Å². The Labute approximate surface area is 155 Å². The average molecular weight is 393 g/mol. The maximum atomic E-state index is 13.2. The van der Waals surface area contributed by atoms with E-state index in [1.807, 2.05) is 6.92 Å². The van der Waals surface area contributed by atoms with Gasteiger partial charge in [-0.05, 0) is 49.4 Å². The second-order valence-corrected chi connectivity index (χ2v) is 7.57. The highest BCUT2D eigenvalue weighted by Gasteiger charge is 2.14. The van der Waals surface area contributed by atoms with Crippen molar-refractivity contribution in [3.05, 3.63) is 71.0 Å². The van der Waals surface area contributed by atoms with E-state index < -0.39 is 15.8 Å². The first kappa shape index (κ1) is 18.1. The van der Waals surface area contributed by atoms with Crippen molar-refractivity contribution in [2.45, 2.75) is 11.8 Å². The van der Waals surface area contributed by atoms with Crippen molar-refractivity contribution in [3.8, 4) is 0 Å². The SMILES string of the molecule is Cc1ccc(S(=O)(=O)Nc2ccc(Nc3ccc(F)c(Cl)c3)nn2)cc1. The van der Waals surface area contributed by atoms with Crippen molar-refractivity contribution >= 4 is 38.9 Å². The van der Waals surface area contributed by atoms with Gasteiger partial charge in [-0.2, -0.15) is 0 Å². The fraction of sp³-hybridized carbons (Fsp3) is 0.0588. The fourth-order valence-corrected chi connectivity index (χ4v) is 3.27. The van der Waals surface area contributed by atoms with Crippen LogP contribution in [0, 0.1) is 12.7 Å². The number of nitrogens with one attached hydrogen (secondary N) is 2. The Morgan fingerprint density at radius 2 is 1.62 bits per heavy atom. The van der Waals surface area contributed by atoms with Gasteiger partial charge in [0, 0.05) is 5.69 Å². The molecule has 0 spiro atoms. The van der Waals surface area contributed by atoms with E-state index in [9.17, 15) is 12.8 Å². The van der Waals surface area contributed by atoms with Gasteiger partial charge in [0.25, 0.3) is 10.0 Å². The summed E-state index contributed by atoms with van der Waals surface area (Å²) in [5.74, 6) is -0.0941. The van der Waals surface area contributed by atoms with Crippen LogP contribution in [0.25, 0.3) is 0 Å². The minimum atomic E-state index is -3.74. The van der Waals surface area contributed by atoms with E-state index in [1.54, 1.807) is 12.1 Å². The lowest BCUT2D eigenvalue weighted by Gasteiger charge is -2.09. The Bertz CT molecular complexity index is 1030. The lowest BCUT2D eigenvalue weighted by molar-refractivity contribution is 0.601. The van der Waals surface area contributed by atoms with Gasteiger partial charge in [-0.3, -0.25) is 4.72 Å². The Morgan fingerprint density at radius 1 is 0.962 bits per heavy atom. The normalized spacial score (nSPS) is 11.2. The van der Waals surface area contributed by atoms with Crippen LogP contribution < -0.4 is 10.0 Å². The standard InChI is InChI=1S/C17H14ClFN4O2S/c1-11-2-5-13(6-3-11)26(24,25)23-17-9-8-16(21-22-17)20-12-4-7-15(19)14(18)10-12/h2-10H,1H3,(H,20,21)(H,22,23). The maximum Gasteiger partial charge on any atom is 0.263 e. The van der Waals surface area contributed by atoms with E-state index >= 15 is 0 Å². The van der Waals surface area contributed by atoms with Crippen molar-refractivity contribution < 1.29 is 12.8 Å². The number of halogens is 2. The molecule has 0 bridgehead atoms. The highest BCUT2D eigenvalue weighted by molar-refractivity contribution is 7.92. The predicted octanol–water partition coefficient (Wildman–Crippen LogP) is 4.12.